The second-order valence-electron chi connectivity index (χ2n) is 9.08. The van der Waals surface area contributed by atoms with E-state index in [1.165, 1.54) is 28.8 Å². The molecule has 182 valence electrons. The molecule has 1 aromatic rings. The van der Waals surface area contributed by atoms with Crippen LogP contribution in [0, 0.1) is 11.8 Å². The molecule has 0 bridgehead atoms. The number of likely N-dealkylation sites (N-methyl/N-ethyl adjacent to an activating group) is 1. The Morgan fingerprint density at radius 2 is 1.91 bits per heavy atom. The maximum Gasteiger partial charge on any atom is 0.353 e. The summed E-state index contributed by atoms with van der Waals surface area (Å²) in [4.78, 5) is 52.4. The summed E-state index contributed by atoms with van der Waals surface area (Å²) < 4.78 is 0. The molecule has 2 fully saturated rings. The quantitative estimate of drug-likeness (QED) is 0.416. The zero-order valence-corrected chi connectivity index (χ0v) is 19.8. The molecular weight excluding hydrogens is 462 g/mol. The molecule has 34 heavy (non-hydrogen) atoms. The Morgan fingerprint density at radius 3 is 2.53 bits per heavy atom. The van der Waals surface area contributed by atoms with E-state index in [1.807, 2.05) is 18.9 Å². The van der Waals surface area contributed by atoms with Gasteiger partial charge in [-0.1, -0.05) is 13.0 Å². The molecule has 3 aliphatic rings. The largest absolute Gasteiger partial charge is 0.478 e. The van der Waals surface area contributed by atoms with Crippen LogP contribution in [0.4, 0.5) is 5.69 Å². The highest BCUT2D eigenvalue weighted by Crippen LogP contribution is 2.52. The maximum atomic E-state index is 12.9. The first-order valence-electron chi connectivity index (χ1n) is 11.0. The fraction of sp³-hybridized carbons (Fsp3) is 0.478. The molecule has 1 aromatic carbocycles. The second kappa shape index (κ2) is 9.05. The van der Waals surface area contributed by atoms with E-state index in [-0.39, 0.29) is 40.3 Å². The summed E-state index contributed by atoms with van der Waals surface area (Å²) >= 11 is 1.38. The van der Waals surface area contributed by atoms with Gasteiger partial charge < -0.3 is 25.5 Å². The van der Waals surface area contributed by atoms with Crippen LogP contribution in [0.3, 0.4) is 0 Å². The van der Waals surface area contributed by atoms with Crippen LogP contribution in [0.25, 0.3) is 0 Å². The summed E-state index contributed by atoms with van der Waals surface area (Å²) in [5.74, 6) is -3.75. The number of anilines is 1. The average molecular weight is 490 g/mol. The minimum Gasteiger partial charge on any atom is -0.478 e. The van der Waals surface area contributed by atoms with Crippen molar-refractivity contribution >= 4 is 41.2 Å². The van der Waals surface area contributed by atoms with Crippen molar-refractivity contribution in [2.24, 2.45) is 11.8 Å². The molecule has 2 amide bonds. The molecule has 0 unspecified atom stereocenters. The summed E-state index contributed by atoms with van der Waals surface area (Å²) in [6.45, 7) is 3.95. The predicted molar refractivity (Wildman–Crippen MR) is 124 cm³/mol. The van der Waals surface area contributed by atoms with E-state index in [4.69, 9.17) is 5.11 Å². The Balaban J connectivity index is 1.47. The summed E-state index contributed by atoms with van der Waals surface area (Å²) in [5.41, 5.74) is 0.441. The molecule has 4 N–H and O–H groups in total. The number of fused-ring (bicyclic) bond motifs is 1. The molecule has 10 nitrogen and oxygen atoms in total. The molecule has 0 aromatic heterocycles. The first-order chi connectivity index (χ1) is 16.0. The van der Waals surface area contributed by atoms with E-state index in [0.29, 0.717) is 23.6 Å². The molecule has 11 heteroatoms. The number of rotatable bonds is 7. The van der Waals surface area contributed by atoms with Crippen molar-refractivity contribution in [2.75, 3.05) is 18.9 Å². The van der Waals surface area contributed by atoms with Crippen LogP contribution in [0.2, 0.25) is 0 Å². The van der Waals surface area contributed by atoms with Crippen molar-refractivity contribution in [1.29, 1.82) is 0 Å². The number of nitrogens with one attached hydrogen (secondary N) is 1. The van der Waals surface area contributed by atoms with Crippen LogP contribution < -0.4 is 5.32 Å². The summed E-state index contributed by atoms with van der Waals surface area (Å²) in [7, 11) is 1.81. The molecule has 3 heterocycles. The summed E-state index contributed by atoms with van der Waals surface area (Å²) in [6, 6.07) is 5.17. The fourth-order valence-corrected chi connectivity index (χ4v) is 6.76. The molecule has 2 saturated heterocycles. The standard InChI is InChI=1S/C23H27N3O7S/c1-10-17-16(11(2)27)21(29)26(17)18(23(32)33)19(10)34-14-8-15(25(3)9-14)20(28)24-13-6-4-5-12(7-13)22(30)31/h4-7,10-11,14-17,27H,8-9H2,1-3H3,(H,24,28)(H,30,31)(H,32,33)/t10-,11-,14+,15+,16-,17-/m1/s1. The number of nitrogens with zero attached hydrogens (tertiary/aromatic N) is 2. The molecule has 0 radical (unpaired) electrons. The summed E-state index contributed by atoms with van der Waals surface area (Å²) in [6.07, 6.45) is -0.395. The number of thioether (sulfide) groups is 1. The highest BCUT2D eigenvalue weighted by molar-refractivity contribution is 8.03. The van der Waals surface area contributed by atoms with Gasteiger partial charge in [-0.15, -0.1) is 11.8 Å². The SMILES string of the molecule is C[C@@H](O)[C@H]1C(=O)N2C(C(=O)O)=C(S[C@H]3C[C@@H](C(=O)Nc4cccc(C(=O)O)c4)N(C)C3)[C@H](C)[C@H]12. The summed E-state index contributed by atoms with van der Waals surface area (Å²) in [5, 5.41) is 31.7. The van der Waals surface area contributed by atoms with Gasteiger partial charge in [0.15, 0.2) is 0 Å². The molecular formula is C23H27N3O7S. The number of hydrogen-bond donors (Lipinski definition) is 4. The average Bonchev–Trinajstić information content (AvgIpc) is 3.24. The first kappa shape index (κ1) is 24.2. The van der Waals surface area contributed by atoms with Gasteiger partial charge in [0.05, 0.1) is 29.7 Å². The minimum atomic E-state index is -1.17. The number of aliphatic hydroxyl groups excluding tert-OH is 1. The number of aliphatic carboxylic acids is 1. The number of carboxylic acids is 2. The monoisotopic (exact) mass is 489 g/mol. The van der Waals surface area contributed by atoms with Crippen LogP contribution in [0.15, 0.2) is 34.9 Å². The third-order valence-corrected chi connectivity index (χ3v) is 8.29. The van der Waals surface area contributed by atoms with Gasteiger partial charge in [-0.05, 0) is 38.6 Å². The van der Waals surface area contributed by atoms with E-state index >= 15 is 0 Å². The van der Waals surface area contributed by atoms with Crippen LogP contribution in [0.1, 0.15) is 30.6 Å². The maximum absolute atomic E-state index is 12.9. The Morgan fingerprint density at radius 1 is 1.21 bits per heavy atom. The zero-order valence-electron chi connectivity index (χ0n) is 19.0. The van der Waals surface area contributed by atoms with Crippen molar-refractivity contribution < 1.29 is 34.5 Å². The minimum absolute atomic E-state index is 0.0227. The topological polar surface area (TPSA) is 147 Å². The molecule has 0 aliphatic carbocycles. The van der Waals surface area contributed by atoms with Gasteiger partial charge in [-0.3, -0.25) is 14.5 Å². The lowest BCUT2D eigenvalue weighted by Gasteiger charge is -2.46. The molecule has 4 rings (SSSR count). The van der Waals surface area contributed by atoms with Crippen LogP contribution in [-0.2, 0) is 14.4 Å². The number of benzene rings is 1. The third-order valence-electron chi connectivity index (χ3n) is 6.79. The van der Waals surface area contributed by atoms with Crippen molar-refractivity contribution in [3.63, 3.8) is 0 Å². The lowest BCUT2D eigenvalue weighted by atomic mass is 9.79. The van der Waals surface area contributed by atoms with Gasteiger partial charge in [0, 0.05) is 28.3 Å². The van der Waals surface area contributed by atoms with Crippen molar-refractivity contribution in [1.82, 2.24) is 9.80 Å². The number of carbonyl (C=O) groups is 4. The van der Waals surface area contributed by atoms with Crippen molar-refractivity contribution in [3.05, 3.63) is 40.4 Å². The lowest BCUT2D eigenvalue weighted by Crippen LogP contribution is -2.63. The molecule has 3 aliphatic heterocycles. The van der Waals surface area contributed by atoms with Crippen LogP contribution in [-0.4, -0.2) is 85.9 Å². The van der Waals surface area contributed by atoms with Crippen LogP contribution in [0.5, 0.6) is 0 Å². The highest BCUT2D eigenvalue weighted by Gasteiger charge is 2.60. The number of likely N-dealkylation sites (tertiary alicyclic amines) is 1. The smallest absolute Gasteiger partial charge is 0.353 e. The van der Waals surface area contributed by atoms with Crippen molar-refractivity contribution in [3.8, 4) is 0 Å². The number of carbonyl (C=O) groups excluding carboxylic acids is 2. The molecule has 6 atom stereocenters. The van der Waals surface area contributed by atoms with Gasteiger partial charge in [-0.2, -0.15) is 0 Å². The first-order valence-corrected chi connectivity index (χ1v) is 11.9. The highest BCUT2D eigenvalue weighted by atomic mass is 32.2. The number of β-lactam (4-membered cyclic amide) rings is 1. The second-order valence-corrected chi connectivity index (χ2v) is 10.4. The lowest BCUT2D eigenvalue weighted by molar-refractivity contribution is -0.163. The molecule has 0 saturated carbocycles. The fourth-order valence-electron chi connectivity index (χ4n) is 5.16. The van der Waals surface area contributed by atoms with E-state index in [0.717, 1.165) is 0 Å². The Bertz CT molecular complexity index is 1090. The van der Waals surface area contributed by atoms with Crippen LogP contribution >= 0.6 is 11.8 Å². The number of hydrogen-bond acceptors (Lipinski definition) is 7. The van der Waals surface area contributed by atoms with Gasteiger partial charge in [0.2, 0.25) is 11.8 Å². The number of amides is 2. The zero-order chi connectivity index (χ0) is 24.9. The Kier molecular flexibility index (Phi) is 6.45. The van der Waals surface area contributed by atoms with Crippen molar-refractivity contribution in [2.45, 2.75) is 43.7 Å². The van der Waals surface area contributed by atoms with E-state index in [2.05, 4.69) is 5.32 Å². The predicted octanol–water partition coefficient (Wildman–Crippen LogP) is 1.28. The molecule has 0 spiro atoms. The van der Waals surface area contributed by atoms with E-state index in [1.54, 1.807) is 19.1 Å². The third kappa shape index (κ3) is 4.08. The Labute approximate surface area is 200 Å². The van der Waals surface area contributed by atoms with E-state index < -0.39 is 30.0 Å². The van der Waals surface area contributed by atoms with Gasteiger partial charge >= 0.3 is 11.9 Å². The Hall–Kier alpha value is -2.89. The van der Waals surface area contributed by atoms with Gasteiger partial charge in [0.1, 0.15) is 5.70 Å². The number of aliphatic hydroxyl groups is 1. The normalized spacial score (nSPS) is 29.6. The number of aromatic carboxylic acids is 1. The van der Waals surface area contributed by atoms with Gasteiger partial charge in [-0.25, -0.2) is 9.59 Å². The van der Waals surface area contributed by atoms with E-state index in [9.17, 15) is 29.4 Å². The number of carboxylic acid groups (broad SMARTS) is 2. The van der Waals surface area contributed by atoms with Gasteiger partial charge in [0.25, 0.3) is 0 Å².